The second-order valence-corrected chi connectivity index (χ2v) is 7.54. The van der Waals surface area contributed by atoms with E-state index in [0.717, 1.165) is 17.8 Å². The van der Waals surface area contributed by atoms with E-state index in [0.29, 0.717) is 16.2 Å². The van der Waals surface area contributed by atoms with Gasteiger partial charge in [-0.05, 0) is 43.2 Å². The Bertz CT molecular complexity index is 1140. The molecule has 146 valence electrons. The van der Waals surface area contributed by atoms with Crippen LogP contribution in [0.2, 0.25) is 0 Å². The first kappa shape index (κ1) is 19.1. The quantitative estimate of drug-likeness (QED) is 0.388. The zero-order valence-electron chi connectivity index (χ0n) is 16.2. The van der Waals surface area contributed by atoms with Gasteiger partial charge in [0.25, 0.3) is 0 Å². The van der Waals surface area contributed by atoms with Gasteiger partial charge in [-0.25, -0.2) is 9.97 Å². The monoisotopic (exact) mass is 404 g/mol. The highest BCUT2D eigenvalue weighted by atomic mass is 32.2. The van der Waals surface area contributed by atoms with Gasteiger partial charge in [0, 0.05) is 5.69 Å². The Morgan fingerprint density at radius 3 is 2.55 bits per heavy atom. The molecule has 8 heteroatoms. The molecule has 0 bridgehead atoms. The molecule has 0 atom stereocenters. The van der Waals surface area contributed by atoms with E-state index in [1.807, 2.05) is 55.5 Å². The van der Waals surface area contributed by atoms with Crippen LogP contribution in [-0.4, -0.2) is 36.6 Å². The highest BCUT2D eigenvalue weighted by Crippen LogP contribution is 2.24. The smallest absolute Gasteiger partial charge is 0.234 e. The molecule has 0 saturated heterocycles. The lowest BCUT2D eigenvalue weighted by atomic mass is 10.1. The molecular weight excluding hydrogens is 384 g/mol. The standard InChI is InChI=1S/C21H20N6OS/c1-3-15-6-8-16(9-7-15)24-18(28)12-29-21-19-20(22-13-23-21)27(26-25-19)17-10-4-14(2)5-11-17/h4-11,13H,3,12H2,1-2H3,(H,24,28). The molecule has 0 spiro atoms. The van der Waals surface area contributed by atoms with Crippen LogP contribution in [0.15, 0.2) is 59.9 Å². The van der Waals surface area contributed by atoms with E-state index >= 15 is 0 Å². The summed E-state index contributed by atoms with van der Waals surface area (Å²) in [5.74, 6) is 0.121. The van der Waals surface area contributed by atoms with Crippen molar-refractivity contribution in [3.05, 3.63) is 66.0 Å². The van der Waals surface area contributed by atoms with E-state index in [1.54, 1.807) is 4.68 Å². The molecule has 0 fully saturated rings. The lowest BCUT2D eigenvalue weighted by Crippen LogP contribution is -2.14. The summed E-state index contributed by atoms with van der Waals surface area (Å²) in [6, 6.07) is 15.8. The van der Waals surface area contributed by atoms with Gasteiger partial charge >= 0.3 is 0 Å². The predicted octanol–water partition coefficient (Wildman–Crippen LogP) is 3.81. The van der Waals surface area contributed by atoms with E-state index in [2.05, 4.69) is 32.5 Å². The van der Waals surface area contributed by atoms with Crippen LogP contribution in [0.25, 0.3) is 16.9 Å². The number of thioether (sulfide) groups is 1. The molecule has 29 heavy (non-hydrogen) atoms. The Morgan fingerprint density at radius 2 is 1.83 bits per heavy atom. The molecule has 0 aliphatic rings. The number of aryl methyl sites for hydroxylation is 2. The number of aromatic nitrogens is 5. The minimum Gasteiger partial charge on any atom is -0.325 e. The summed E-state index contributed by atoms with van der Waals surface area (Å²) in [5.41, 5.74) is 5.25. The fraction of sp³-hybridized carbons (Fsp3) is 0.190. The third-order valence-corrected chi connectivity index (χ3v) is 5.45. The first-order valence-electron chi connectivity index (χ1n) is 9.29. The lowest BCUT2D eigenvalue weighted by molar-refractivity contribution is -0.113. The maximum absolute atomic E-state index is 12.3. The van der Waals surface area contributed by atoms with Crippen LogP contribution in [-0.2, 0) is 11.2 Å². The SMILES string of the molecule is CCc1ccc(NC(=O)CSc2ncnc3c2nnn3-c2ccc(C)cc2)cc1. The third-order valence-electron chi connectivity index (χ3n) is 4.47. The summed E-state index contributed by atoms with van der Waals surface area (Å²) in [4.78, 5) is 20.9. The topological polar surface area (TPSA) is 85.6 Å². The maximum atomic E-state index is 12.3. The summed E-state index contributed by atoms with van der Waals surface area (Å²) in [5, 5.41) is 12.0. The van der Waals surface area contributed by atoms with Crippen LogP contribution in [0.4, 0.5) is 5.69 Å². The zero-order chi connectivity index (χ0) is 20.2. The molecule has 1 amide bonds. The summed E-state index contributed by atoms with van der Waals surface area (Å²) >= 11 is 1.32. The number of rotatable bonds is 6. The predicted molar refractivity (Wildman–Crippen MR) is 114 cm³/mol. The second-order valence-electron chi connectivity index (χ2n) is 6.58. The molecule has 4 rings (SSSR count). The van der Waals surface area contributed by atoms with Crippen molar-refractivity contribution in [3.8, 4) is 5.69 Å². The lowest BCUT2D eigenvalue weighted by Gasteiger charge is -2.06. The highest BCUT2D eigenvalue weighted by molar-refractivity contribution is 8.00. The van der Waals surface area contributed by atoms with Crippen molar-refractivity contribution in [3.63, 3.8) is 0 Å². The van der Waals surface area contributed by atoms with Gasteiger partial charge in [-0.15, -0.1) is 5.10 Å². The van der Waals surface area contributed by atoms with E-state index in [9.17, 15) is 4.79 Å². The number of anilines is 1. The van der Waals surface area contributed by atoms with Gasteiger partial charge in [0.2, 0.25) is 5.91 Å². The van der Waals surface area contributed by atoms with Gasteiger partial charge in [0.05, 0.1) is 11.4 Å². The first-order valence-corrected chi connectivity index (χ1v) is 10.3. The Labute approximate surface area is 172 Å². The highest BCUT2D eigenvalue weighted by Gasteiger charge is 2.14. The van der Waals surface area contributed by atoms with Crippen molar-refractivity contribution in [2.45, 2.75) is 25.3 Å². The average Bonchev–Trinajstić information content (AvgIpc) is 3.18. The van der Waals surface area contributed by atoms with E-state index in [1.165, 1.54) is 29.2 Å². The summed E-state index contributed by atoms with van der Waals surface area (Å²) in [6.45, 7) is 4.13. The van der Waals surface area contributed by atoms with Crippen LogP contribution in [0.5, 0.6) is 0 Å². The maximum Gasteiger partial charge on any atom is 0.234 e. The molecule has 0 saturated carbocycles. The first-order chi connectivity index (χ1) is 14.1. The fourth-order valence-electron chi connectivity index (χ4n) is 2.85. The molecular formula is C21H20N6OS. The van der Waals surface area contributed by atoms with Gasteiger partial charge in [0.1, 0.15) is 11.4 Å². The van der Waals surface area contributed by atoms with E-state index in [4.69, 9.17) is 0 Å². The average molecular weight is 404 g/mol. The Hall–Kier alpha value is -3.26. The molecule has 7 nitrogen and oxygen atoms in total. The van der Waals surface area contributed by atoms with Crippen LogP contribution in [0.3, 0.4) is 0 Å². The van der Waals surface area contributed by atoms with Crippen LogP contribution in [0.1, 0.15) is 18.1 Å². The van der Waals surface area contributed by atoms with Crippen molar-refractivity contribution in [2.75, 3.05) is 11.1 Å². The van der Waals surface area contributed by atoms with Gasteiger partial charge in [0.15, 0.2) is 11.2 Å². The van der Waals surface area contributed by atoms with Gasteiger partial charge in [-0.2, -0.15) is 4.68 Å². The summed E-state index contributed by atoms with van der Waals surface area (Å²) < 4.78 is 1.68. The number of nitrogens with one attached hydrogen (secondary N) is 1. The molecule has 2 aromatic heterocycles. The van der Waals surface area contributed by atoms with Gasteiger partial charge in [-0.1, -0.05) is 53.7 Å². The molecule has 0 unspecified atom stereocenters. The largest absolute Gasteiger partial charge is 0.325 e. The van der Waals surface area contributed by atoms with Crippen molar-refractivity contribution < 1.29 is 4.79 Å². The Morgan fingerprint density at radius 1 is 1.07 bits per heavy atom. The second kappa shape index (κ2) is 8.40. The zero-order valence-corrected chi connectivity index (χ0v) is 17.0. The van der Waals surface area contributed by atoms with Crippen molar-refractivity contribution in [1.82, 2.24) is 25.0 Å². The van der Waals surface area contributed by atoms with Crippen molar-refractivity contribution in [1.29, 1.82) is 0 Å². The van der Waals surface area contributed by atoms with Crippen molar-refractivity contribution >= 4 is 34.5 Å². The number of amides is 1. The van der Waals surface area contributed by atoms with Crippen LogP contribution < -0.4 is 5.32 Å². The molecule has 2 aromatic carbocycles. The number of carbonyl (C=O) groups is 1. The third kappa shape index (κ3) is 4.27. The van der Waals surface area contributed by atoms with Crippen molar-refractivity contribution in [2.24, 2.45) is 0 Å². The van der Waals surface area contributed by atoms with E-state index < -0.39 is 0 Å². The van der Waals surface area contributed by atoms with Gasteiger partial charge in [-0.3, -0.25) is 4.79 Å². The number of hydrogen-bond donors (Lipinski definition) is 1. The van der Waals surface area contributed by atoms with Gasteiger partial charge < -0.3 is 5.32 Å². The number of fused-ring (bicyclic) bond motifs is 1. The molecule has 0 radical (unpaired) electrons. The summed E-state index contributed by atoms with van der Waals surface area (Å²) in [7, 11) is 0. The van der Waals surface area contributed by atoms with E-state index in [-0.39, 0.29) is 11.7 Å². The normalized spacial score (nSPS) is 11.0. The Balaban J connectivity index is 1.48. The number of nitrogens with zero attached hydrogens (tertiary/aromatic N) is 5. The molecule has 1 N–H and O–H groups in total. The molecule has 0 aliphatic heterocycles. The molecule has 2 heterocycles. The molecule has 4 aromatic rings. The minimum absolute atomic E-state index is 0.100. The number of benzene rings is 2. The summed E-state index contributed by atoms with van der Waals surface area (Å²) in [6.07, 6.45) is 2.44. The number of hydrogen-bond acceptors (Lipinski definition) is 6. The minimum atomic E-state index is -0.100. The molecule has 0 aliphatic carbocycles. The number of carbonyl (C=O) groups excluding carboxylic acids is 1. The fourth-order valence-corrected chi connectivity index (χ4v) is 3.58. The Kier molecular flexibility index (Phi) is 5.53. The van der Waals surface area contributed by atoms with Crippen LogP contribution in [0, 0.1) is 6.92 Å². The van der Waals surface area contributed by atoms with Crippen LogP contribution >= 0.6 is 11.8 Å².